The maximum Gasteiger partial charge on any atom is 0.305 e. The Hall–Kier alpha value is -3.20. The normalized spacial score (nSPS) is 19.9. The zero-order valence-corrected chi connectivity index (χ0v) is 17.9. The van der Waals surface area contributed by atoms with Crippen LogP contribution in [-0.2, 0) is 4.79 Å². The molecule has 8 heteroatoms. The van der Waals surface area contributed by atoms with Gasteiger partial charge in [0, 0.05) is 18.6 Å². The number of carboxylic acids is 1. The number of para-hydroxylation sites is 1. The molecule has 2 aromatic rings. The number of rotatable bonds is 9. The van der Waals surface area contributed by atoms with E-state index >= 15 is 0 Å². The van der Waals surface area contributed by atoms with E-state index in [1.807, 2.05) is 38.1 Å². The molecule has 1 unspecified atom stereocenters. The molecule has 0 saturated heterocycles. The number of allylic oxidation sites excluding steroid dienone is 1. The molecule has 0 amide bonds. The fourth-order valence-corrected chi connectivity index (χ4v) is 4.12. The van der Waals surface area contributed by atoms with Crippen LogP contribution in [0.2, 0.25) is 0 Å². The van der Waals surface area contributed by atoms with Gasteiger partial charge in [-0.1, -0.05) is 39.8 Å². The molecule has 3 rings (SSSR count). The average Bonchev–Trinajstić information content (AvgIpc) is 3.02. The van der Waals surface area contributed by atoms with Crippen LogP contribution in [0, 0.1) is 10.7 Å². The summed E-state index contributed by atoms with van der Waals surface area (Å²) in [6, 6.07) is 12.9. The summed E-state index contributed by atoms with van der Waals surface area (Å²) < 4.78 is 13.2. The maximum atomic E-state index is 13.6. The number of hydrogen-bond donors (Lipinski definition) is 3. The molecule has 1 aliphatic heterocycles. The van der Waals surface area contributed by atoms with Crippen LogP contribution < -0.4 is 4.59 Å². The summed E-state index contributed by atoms with van der Waals surface area (Å²) >= 11 is 0. The Labute approximate surface area is 185 Å². The Morgan fingerprint density at radius 1 is 1.12 bits per heavy atom. The van der Waals surface area contributed by atoms with Crippen molar-refractivity contribution >= 4 is 17.2 Å². The molecule has 0 spiro atoms. The first-order valence-electron chi connectivity index (χ1n) is 10.3. The summed E-state index contributed by atoms with van der Waals surface area (Å²) in [5, 5.41) is 32.5. The van der Waals surface area contributed by atoms with E-state index in [0.29, 0.717) is 22.5 Å². The molecule has 0 aromatic heterocycles. The summed E-state index contributed by atoms with van der Waals surface area (Å²) in [6.45, 7) is 3.71. The number of nitroso groups, excluding NO2 is 1. The summed E-state index contributed by atoms with van der Waals surface area (Å²) in [6.07, 6.45) is -0.0238. The fourth-order valence-electron chi connectivity index (χ4n) is 4.12. The SMILES string of the molecule is CC(C)[N+]1(N=O)C(/C=C/[C@H](O)C[C@H](O)CC(=O)O)=C(c2ccc(F)cc2)c2ccccc21. The smallest absolute Gasteiger partial charge is 0.305 e. The van der Waals surface area contributed by atoms with Gasteiger partial charge in [-0.15, -0.1) is 0 Å². The topological polar surface area (TPSA) is 107 Å². The number of aliphatic hydroxyl groups excluding tert-OH is 2. The Kier molecular flexibility index (Phi) is 6.98. The minimum absolute atomic E-state index is 0.175. The molecule has 1 aliphatic rings. The number of nitrogens with zero attached hydrogens (tertiary/aromatic N) is 2. The van der Waals surface area contributed by atoms with Crippen LogP contribution in [0.5, 0.6) is 0 Å². The second kappa shape index (κ2) is 9.52. The third-order valence-corrected chi connectivity index (χ3v) is 5.57. The Balaban J connectivity index is 2.14. The number of quaternary nitrogens is 1. The lowest BCUT2D eigenvalue weighted by atomic mass is 9.97. The van der Waals surface area contributed by atoms with Gasteiger partial charge in [0.15, 0.2) is 16.7 Å². The van der Waals surface area contributed by atoms with Crippen molar-refractivity contribution in [3.8, 4) is 0 Å². The van der Waals surface area contributed by atoms with Crippen LogP contribution in [0.25, 0.3) is 5.57 Å². The molecule has 3 N–H and O–H groups in total. The van der Waals surface area contributed by atoms with E-state index in [1.165, 1.54) is 18.2 Å². The number of halogens is 1. The van der Waals surface area contributed by atoms with Gasteiger partial charge in [0.25, 0.3) is 0 Å². The van der Waals surface area contributed by atoms with Gasteiger partial charge in [0.1, 0.15) is 11.9 Å². The Morgan fingerprint density at radius 3 is 2.38 bits per heavy atom. The van der Waals surface area contributed by atoms with Gasteiger partial charge in [0.05, 0.1) is 29.8 Å². The molecule has 32 heavy (non-hydrogen) atoms. The van der Waals surface area contributed by atoms with Crippen molar-refractivity contribution in [2.24, 2.45) is 5.29 Å². The zero-order chi connectivity index (χ0) is 23.5. The van der Waals surface area contributed by atoms with E-state index in [-0.39, 0.29) is 17.1 Å². The van der Waals surface area contributed by atoms with Crippen molar-refractivity contribution < 1.29 is 24.5 Å². The van der Waals surface area contributed by atoms with Crippen LogP contribution in [0.15, 0.2) is 71.7 Å². The molecule has 1 heterocycles. The van der Waals surface area contributed by atoms with Gasteiger partial charge in [-0.3, -0.25) is 4.79 Å². The minimum Gasteiger partial charge on any atom is -0.481 e. The summed E-state index contributed by atoms with van der Waals surface area (Å²) in [7, 11) is 0. The van der Waals surface area contributed by atoms with E-state index in [1.54, 1.807) is 18.2 Å². The van der Waals surface area contributed by atoms with Crippen LogP contribution in [0.4, 0.5) is 10.1 Å². The third-order valence-electron chi connectivity index (χ3n) is 5.57. The van der Waals surface area contributed by atoms with Crippen molar-refractivity contribution in [1.29, 1.82) is 0 Å². The first kappa shape index (κ1) is 23.5. The maximum absolute atomic E-state index is 13.6. The highest BCUT2D eigenvalue weighted by molar-refractivity contribution is 5.94. The summed E-state index contributed by atoms with van der Waals surface area (Å²) in [5.74, 6) is -1.56. The number of hydrogen-bond acceptors (Lipinski definition) is 5. The average molecular weight is 441 g/mol. The molecule has 2 aromatic carbocycles. The highest BCUT2D eigenvalue weighted by Crippen LogP contribution is 2.50. The Bertz CT molecular complexity index is 1060. The Morgan fingerprint density at radius 2 is 1.78 bits per heavy atom. The van der Waals surface area contributed by atoms with Crippen LogP contribution in [0.3, 0.4) is 0 Å². The third kappa shape index (κ3) is 4.38. The number of aliphatic hydroxyl groups is 2. The molecule has 0 radical (unpaired) electrons. The molecule has 168 valence electrons. The fraction of sp³-hybridized carbons (Fsp3) is 0.292. The predicted octanol–water partition coefficient (Wildman–Crippen LogP) is 4.14. The minimum atomic E-state index is -1.22. The lowest BCUT2D eigenvalue weighted by Gasteiger charge is -2.29. The van der Waals surface area contributed by atoms with Gasteiger partial charge in [0.2, 0.25) is 0 Å². The number of carbonyl (C=O) groups is 1. The molecule has 7 nitrogen and oxygen atoms in total. The number of aliphatic carboxylic acids is 1. The van der Waals surface area contributed by atoms with Gasteiger partial charge in [-0.2, -0.15) is 0 Å². The van der Waals surface area contributed by atoms with Crippen molar-refractivity contribution in [2.45, 2.75) is 44.9 Å². The summed E-state index contributed by atoms with van der Waals surface area (Å²) in [4.78, 5) is 23.1. The van der Waals surface area contributed by atoms with Gasteiger partial charge in [-0.05, 0) is 37.6 Å². The van der Waals surface area contributed by atoms with Crippen LogP contribution in [0.1, 0.15) is 37.8 Å². The molecular weight excluding hydrogens is 415 g/mol. The van der Waals surface area contributed by atoms with E-state index in [9.17, 15) is 24.3 Å². The monoisotopic (exact) mass is 441 g/mol. The largest absolute Gasteiger partial charge is 0.481 e. The molecular formula is C24H26FN2O5+. The predicted molar refractivity (Wildman–Crippen MR) is 120 cm³/mol. The standard InChI is InChI=1S/C24H25FN2O5/c1-15(2)27(26-32)21-6-4-3-5-20(21)24(16-7-9-17(25)10-8-16)22(27)12-11-18(28)13-19(29)14-23(30)31/h3-12,15,18-19,28-29H,13-14H2,1-2H3/p+1/b12-11+/t18-,19-,27?/m0/s1. The molecule has 0 fully saturated rings. The second-order valence-electron chi connectivity index (χ2n) is 8.06. The first-order chi connectivity index (χ1) is 15.2. The van der Waals surface area contributed by atoms with E-state index in [2.05, 4.69) is 5.29 Å². The van der Waals surface area contributed by atoms with Gasteiger partial charge < -0.3 is 15.3 Å². The zero-order valence-electron chi connectivity index (χ0n) is 17.9. The van der Waals surface area contributed by atoms with Gasteiger partial charge in [-0.25, -0.2) is 4.39 Å². The summed E-state index contributed by atoms with van der Waals surface area (Å²) in [5.41, 5.74) is 3.30. The molecule has 3 atom stereocenters. The van der Waals surface area contributed by atoms with Crippen LogP contribution >= 0.6 is 0 Å². The van der Waals surface area contributed by atoms with E-state index in [4.69, 9.17) is 5.11 Å². The lowest BCUT2D eigenvalue weighted by Crippen LogP contribution is -2.46. The van der Waals surface area contributed by atoms with Crippen molar-refractivity contribution in [3.63, 3.8) is 0 Å². The van der Waals surface area contributed by atoms with E-state index < -0.39 is 30.4 Å². The second-order valence-corrected chi connectivity index (χ2v) is 8.06. The number of benzene rings is 2. The van der Waals surface area contributed by atoms with E-state index in [0.717, 1.165) is 5.56 Å². The molecule has 0 saturated carbocycles. The molecule has 0 bridgehead atoms. The quantitative estimate of drug-likeness (QED) is 0.401. The van der Waals surface area contributed by atoms with Crippen molar-refractivity contribution in [1.82, 2.24) is 4.59 Å². The first-order valence-corrected chi connectivity index (χ1v) is 10.3. The highest BCUT2D eigenvalue weighted by Gasteiger charge is 2.50. The number of carboxylic acid groups (broad SMARTS) is 1. The van der Waals surface area contributed by atoms with Crippen LogP contribution in [-0.4, -0.2) is 39.5 Å². The van der Waals surface area contributed by atoms with Crippen molar-refractivity contribution in [2.75, 3.05) is 0 Å². The molecule has 0 aliphatic carbocycles. The highest BCUT2D eigenvalue weighted by atomic mass is 19.1. The van der Waals surface area contributed by atoms with Crippen molar-refractivity contribution in [3.05, 3.63) is 88.2 Å². The lowest BCUT2D eigenvalue weighted by molar-refractivity contribution is -0.139. The number of fused-ring (bicyclic) bond motifs is 1. The van der Waals surface area contributed by atoms with Gasteiger partial charge >= 0.3 is 5.97 Å².